The molecule has 9 heteroatoms. The van der Waals surface area contributed by atoms with Crippen LogP contribution in [0.5, 0.6) is 0 Å². The summed E-state index contributed by atoms with van der Waals surface area (Å²) in [7, 11) is 0. The van der Waals surface area contributed by atoms with Crippen molar-refractivity contribution >= 4 is 28.6 Å². The van der Waals surface area contributed by atoms with E-state index in [-0.39, 0.29) is 11.3 Å². The first kappa shape index (κ1) is 18.3. The van der Waals surface area contributed by atoms with Gasteiger partial charge >= 0.3 is 0 Å². The van der Waals surface area contributed by atoms with Gasteiger partial charge in [0.25, 0.3) is 17.2 Å². The zero-order valence-corrected chi connectivity index (χ0v) is 14.9. The number of benzene rings is 1. The van der Waals surface area contributed by atoms with Gasteiger partial charge in [0.1, 0.15) is 5.56 Å². The predicted octanol–water partition coefficient (Wildman–Crippen LogP) is 2.85. The Kier molecular flexibility index (Phi) is 5.62. The van der Waals surface area contributed by atoms with Crippen LogP contribution < -0.4 is 16.2 Å². The lowest BCUT2D eigenvalue weighted by Gasteiger charge is -2.08. The molecule has 0 aliphatic carbocycles. The number of anilines is 1. The Morgan fingerprint density at radius 3 is 2.52 bits per heavy atom. The van der Waals surface area contributed by atoms with E-state index >= 15 is 0 Å². The lowest BCUT2D eigenvalue weighted by molar-refractivity contribution is -0.384. The molecule has 2 aromatic heterocycles. The molecule has 27 heavy (non-hydrogen) atoms. The number of carbonyl (C=O) groups excluding carboxylic acids is 1. The second kappa shape index (κ2) is 8.28. The molecule has 0 bridgehead atoms. The molecule has 0 radical (unpaired) electrons. The van der Waals surface area contributed by atoms with E-state index in [1.54, 1.807) is 18.2 Å². The van der Waals surface area contributed by atoms with Crippen molar-refractivity contribution in [1.29, 1.82) is 0 Å². The number of aromatic nitrogens is 1. The van der Waals surface area contributed by atoms with E-state index in [0.717, 1.165) is 4.88 Å². The number of pyridine rings is 1. The summed E-state index contributed by atoms with van der Waals surface area (Å²) < 4.78 is 0. The quantitative estimate of drug-likeness (QED) is 0.329. The van der Waals surface area contributed by atoms with Crippen LogP contribution in [0.25, 0.3) is 10.6 Å². The van der Waals surface area contributed by atoms with Crippen LogP contribution in [0.15, 0.2) is 58.7 Å². The Bertz CT molecular complexity index is 997. The van der Waals surface area contributed by atoms with Crippen molar-refractivity contribution < 1.29 is 9.72 Å². The molecule has 0 saturated carbocycles. The molecule has 3 rings (SSSR count). The molecular formula is C18H16N4O4S. The molecule has 1 amide bonds. The van der Waals surface area contributed by atoms with Crippen molar-refractivity contribution in [3.63, 3.8) is 0 Å². The summed E-state index contributed by atoms with van der Waals surface area (Å²) in [5.41, 5.74) is 0.992. The normalized spacial score (nSPS) is 10.4. The summed E-state index contributed by atoms with van der Waals surface area (Å²) in [5.74, 6) is -0.459. The van der Waals surface area contributed by atoms with Crippen LogP contribution in [0.2, 0.25) is 0 Å². The summed E-state index contributed by atoms with van der Waals surface area (Å²) in [6.07, 6.45) is 0. The molecule has 3 aromatic rings. The number of thiophene rings is 1. The molecule has 0 atom stereocenters. The summed E-state index contributed by atoms with van der Waals surface area (Å²) in [6.45, 7) is 0.705. The number of hydrogen-bond acceptors (Lipinski definition) is 6. The number of non-ortho nitro benzene ring substituents is 1. The van der Waals surface area contributed by atoms with Gasteiger partial charge in [0.05, 0.1) is 15.5 Å². The molecule has 1 aromatic carbocycles. The highest BCUT2D eigenvalue weighted by Gasteiger charge is 2.11. The highest BCUT2D eigenvalue weighted by Crippen LogP contribution is 2.21. The highest BCUT2D eigenvalue weighted by molar-refractivity contribution is 7.13. The van der Waals surface area contributed by atoms with Gasteiger partial charge in [-0.2, -0.15) is 0 Å². The molecule has 8 nitrogen and oxygen atoms in total. The van der Waals surface area contributed by atoms with Crippen LogP contribution in [0.1, 0.15) is 10.4 Å². The minimum Gasteiger partial charge on any atom is -0.383 e. The van der Waals surface area contributed by atoms with Gasteiger partial charge in [0.2, 0.25) is 0 Å². The minimum absolute atomic E-state index is 0.0130. The van der Waals surface area contributed by atoms with E-state index in [2.05, 4.69) is 15.6 Å². The van der Waals surface area contributed by atoms with E-state index in [1.165, 1.54) is 29.5 Å². The van der Waals surface area contributed by atoms with Crippen LogP contribution in [-0.4, -0.2) is 28.9 Å². The van der Waals surface area contributed by atoms with Crippen molar-refractivity contribution in [3.8, 4) is 10.6 Å². The topological polar surface area (TPSA) is 117 Å². The van der Waals surface area contributed by atoms with Gasteiger partial charge in [-0.25, -0.2) is 0 Å². The smallest absolute Gasteiger partial charge is 0.269 e. The van der Waals surface area contributed by atoms with Crippen LogP contribution >= 0.6 is 11.3 Å². The fraction of sp³-hybridized carbons (Fsp3) is 0.111. The fourth-order valence-corrected chi connectivity index (χ4v) is 3.11. The molecule has 2 heterocycles. The Morgan fingerprint density at radius 2 is 1.89 bits per heavy atom. The number of hydrogen-bond donors (Lipinski definition) is 3. The Morgan fingerprint density at radius 1 is 1.11 bits per heavy atom. The fourth-order valence-electron chi connectivity index (χ4n) is 2.41. The van der Waals surface area contributed by atoms with Crippen LogP contribution in [0, 0.1) is 10.1 Å². The van der Waals surface area contributed by atoms with Gasteiger partial charge in [0.15, 0.2) is 0 Å². The standard InChI is InChI=1S/C18H16N4O4S/c23-17(14-7-8-15(21-18(14)24)16-2-1-11-27-16)20-10-9-19-12-3-5-13(6-4-12)22(25)26/h1-8,11,19H,9-10H2,(H,20,23)(H,21,24). The maximum atomic E-state index is 12.2. The average molecular weight is 384 g/mol. The third kappa shape index (κ3) is 4.59. The van der Waals surface area contributed by atoms with Gasteiger partial charge in [-0.1, -0.05) is 6.07 Å². The number of aromatic amines is 1. The van der Waals surface area contributed by atoms with E-state index in [9.17, 15) is 19.7 Å². The minimum atomic E-state index is -0.467. The van der Waals surface area contributed by atoms with E-state index < -0.39 is 16.4 Å². The van der Waals surface area contributed by atoms with Crippen molar-refractivity contribution in [2.45, 2.75) is 0 Å². The van der Waals surface area contributed by atoms with E-state index in [4.69, 9.17) is 0 Å². The van der Waals surface area contributed by atoms with E-state index in [1.807, 2.05) is 17.5 Å². The largest absolute Gasteiger partial charge is 0.383 e. The molecule has 0 aliphatic rings. The average Bonchev–Trinajstić information content (AvgIpc) is 3.20. The lowest BCUT2D eigenvalue weighted by Crippen LogP contribution is -2.32. The number of nitro groups is 1. The van der Waals surface area contributed by atoms with Gasteiger partial charge in [-0.05, 0) is 35.7 Å². The van der Waals surface area contributed by atoms with E-state index in [0.29, 0.717) is 24.5 Å². The van der Waals surface area contributed by atoms with Gasteiger partial charge < -0.3 is 15.6 Å². The molecule has 0 fully saturated rings. The molecule has 3 N–H and O–H groups in total. The van der Waals surface area contributed by atoms with Gasteiger partial charge in [-0.3, -0.25) is 19.7 Å². The molecule has 0 unspecified atom stereocenters. The molecule has 0 aliphatic heterocycles. The first-order chi connectivity index (χ1) is 13.0. The second-order valence-corrected chi connectivity index (χ2v) is 6.53. The number of amides is 1. The SMILES string of the molecule is O=C(NCCNc1ccc([N+](=O)[O-])cc1)c1ccc(-c2cccs2)[nH]c1=O. The molecule has 0 saturated heterocycles. The third-order valence-electron chi connectivity index (χ3n) is 3.76. The second-order valence-electron chi connectivity index (χ2n) is 5.58. The molecular weight excluding hydrogens is 368 g/mol. The first-order valence-electron chi connectivity index (χ1n) is 8.08. The molecule has 138 valence electrons. The number of nitro benzene ring substituents is 1. The zero-order chi connectivity index (χ0) is 19.2. The summed E-state index contributed by atoms with van der Waals surface area (Å²) >= 11 is 1.50. The number of carbonyl (C=O) groups is 1. The molecule has 0 spiro atoms. The van der Waals surface area contributed by atoms with Gasteiger partial charge in [0, 0.05) is 30.9 Å². The van der Waals surface area contributed by atoms with Crippen molar-refractivity contribution in [2.24, 2.45) is 0 Å². The van der Waals surface area contributed by atoms with Crippen LogP contribution in [0.3, 0.4) is 0 Å². The monoisotopic (exact) mass is 384 g/mol. The number of rotatable bonds is 7. The number of H-pyrrole nitrogens is 1. The van der Waals surface area contributed by atoms with Crippen molar-refractivity contribution in [2.75, 3.05) is 18.4 Å². The van der Waals surface area contributed by atoms with Crippen molar-refractivity contribution in [3.05, 3.63) is 79.9 Å². The maximum Gasteiger partial charge on any atom is 0.269 e. The van der Waals surface area contributed by atoms with Crippen LogP contribution in [0.4, 0.5) is 11.4 Å². The van der Waals surface area contributed by atoms with Crippen molar-refractivity contribution in [1.82, 2.24) is 10.3 Å². The van der Waals surface area contributed by atoms with Gasteiger partial charge in [-0.15, -0.1) is 11.3 Å². The highest BCUT2D eigenvalue weighted by atomic mass is 32.1. The number of nitrogens with zero attached hydrogens (tertiary/aromatic N) is 1. The predicted molar refractivity (Wildman–Crippen MR) is 104 cm³/mol. The summed E-state index contributed by atoms with van der Waals surface area (Å²) in [6, 6.07) is 13.0. The lowest BCUT2D eigenvalue weighted by atomic mass is 10.2. The Balaban J connectivity index is 1.52. The summed E-state index contributed by atoms with van der Waals surface area (Å²) in [5, 5.41) is 18.2. The maximum absolute atomic E-state index is 12.2. The summed E-state index contributed by atoms with van der Waals surface area (Å²) in [4.78, 5) is 38.1. The van der Waals surface area contributed by atoms with Crippen LogP contribution in [-0.2, 0) is 0 Å². The third-order valence-corrected chi connectivity index (χ3v) is 4.66. The first-order valence-corrected chi connectivity index (χ1v) is 8.96. The zero-order valence-electron chi connectivity index (χ0n) is 14.1. The Hall–Kier alpha value is -3.46. The number of nitrogens with one attached hydrogen (secondary N) is 3. The Labute approximate surface area is 158 Å².